The second-order valence-electron chi connectivity index (χ2n) is 8.56. The first-order valence-corrected chi connectivity index (χ1v) is 10.1. The van der Waals surface area contributed by atoms with E-state index in [-0.39, 0.29) is 33.8 Å². The van der Waals surface area contributed by atoms with Gasteiger partial charge in [-0.2, -0.15) is 0 Å². The molecule has 0 aromatic heterocycles. The number of aromatic hydroxyl groups is 1. The molecule has 2 aromatic carbocycles. The van der Waals surface area contributed by atoms with E-state index in [2.05, 4.69) is 11.0 Å². The van der Waals surface area contributed by atoms with Crippen LogP contribution in [-0.4, -0.2) is 22.6 Å². The third-order valence-corrected chi connectivity index (χ3v) is 7.36. The molecule has 3 N–H and O–H groups in total. The monoisotopic (exact) mass is 459 g/mol. The van der Waals surface area contributed by atoms with Crippen molar-refractivity contribution in [2.75, 3.05) is 17.2 Å². The first-order chi connectivity index (χ1) is 13.5. The SMILES string of the molecule is Br.Nc1cc(N2CC[C@@]34CCCC[C@@H]3[C@@H]2Cc2ccc(O)cc24)ccc1[N+](=O)[O-]. The summed E-state index contributed by atoms with van der Waals surface area (Å²) < 4.78 is 0. The lowest BCUT2D eigenvalue weighted by molar-refractivity contribution is -0.383. The number of phenolic OH excluding ortho intramolecular Hbond substituents is 1. The van der Waals surface area contributed by atoms with Gasteiger partial charge in [-0.3, -0.25) is 10.1 Å². The Labute approximate surface area is 180 Å². The third-order valence-electron chi connectivity index (χ3n) is 7.36. The second kappa shape index (κ2) is 7.20. The lowest BCUT2D eigenvalue weighted by atomic mass is 9.52. The fraction of sp³-hybridized carbons (Fsp3) is 0.455. The first kappa shape index (κ1) is 20.0. The predicted molar refractivity (Wildman–Crippen MR) is 119 cm³/mol. The zero-order chi connectivity index (χ0) is 19.5. The quantitative estimate of drug-likeness (QED) is 0.384. The number of hydrogen-bond donors (Lipinski definition) is 2. The summed E-state index contributed by atoms with van der Waals surface area (Å²) in [4.78, 5) is 13.1. The Hall–Kier alpha value is -2.28. The van der Waals surface area contributed by atoms with Gasteiger partial charge in [0.05, 0.1) is 4.92 Å². The van der Waals surface area contributed by atoms with Crippen molar-refractivity contribution in [2.24, 2.45) is 5.92 Å². The highest BCUT2D eigenvalue weighted by Gasteiger charge is 2.54. The highest BCUT2D eigenvalue weighted by molar-refractivity contribution is 8.93. The minimum Gasteiger partial charge on any atom is -0.508 e. The maximum atomic E-state index is 11.1. The number of fused-ring (bicyclic) bond motifs is 1. The van der Waals surface area contributed by atoms with Crippen LogP contribution in [0.5, 0.6) is 5.75 Å². The molecule has 1 aliphatic heterocycles. The molecule has 1 saturated heterocycles. The molecule has 0 spiro atoms. The fourth-order valence-electron chi connectivity index (χ4n) is 6.20. The summed E-state index contributed by atoms with van der Waals surface area (Å²) in [6.07, 6.45) is 6.84. The molecule has 2 aliphatic carbocycles. The summed E-state index contributed by atoms with van der Waals surface area (Å²) in [5.41, 5.74) is 10.0. The lowest BCUT2D eigenvalue weighted by Gasteiger charge is -2.59. The van der Waals surface area contributed by atoms with E-state index in [0.29, 0.717) is 17.7 Å². The van der Waals surface area contributed by atoms with E-state index >= 15 is 0 Å². The van der Waals surface area contributed by atoms with Gasteiger partial charge in [-0.1, -0.05) is 18.9 Å². The van der Waals surface area contributed by atoms with Crippen molar-refractivity contribution in [3.8, 4) is 5.75 Å². The van der Waals surface area contributed by atoms with Crippen LogP contribution < -0.4 is 10.6 Å². The molecule has 29 heavy (non-hydrogen) atoms. The van der Waals surface area contributed by atoms with E-state index < -0.39 is 4.92 Å². The molecular formula is C22H26BrN3O3. The molecular weight excluding hydrogens is 434 g/mol. The Kier molecular flexibility index (Phi) is 4.97. The summed E-state index contributed by atoms with van der Waals surface area (Å²) in [6, 6.07) is 11.4. The third kappa shape index (κ3) is 2.98. The van der Waals surface area contributed by atoms with Gasteiger partial charge in [-0.15, -0.1) is 17.0 Å². The number of nitrogens with two attached hydrogens (primary N) is 1. The number of benzene rings is 2. The van der Waals surface area contributed by atoms with E-state index in [1.807, 2.05) is 12.1 Å². The molecule has 7 heteroatoms. The Balaban J connectivity index is 0.00000205. The molecule has 2 bridgehead atoms. The second-order valence-corrected chi connectivity index (χ2v) is 8.56. The molecule has 5 rings (SSSR count). The van der Waals surface area contributed by atoms with Crippen LogP contribution in [0, 0.1) is 16.0 Å². The highest BCUT2D eigenvalue weighted by Crippen LogP contribution is 2.56. The molecule has 0 radical (unpaired) electrons. The van der Waals surface area contributed by atoms with Crippen LogP contribution in [0.4, 0.5) is 17.1 Å². The van der Waals surface area contributed by atoms with Crippen LogP contribution in [-0.2, 0) is 11.8 Å². The Morgan fingerprint density at radius 3 is 2.76 bits per heavy atom. The minimum absolute atomic E-state index is 0. The number of anilines is 2. The number of piperidine rings is 1. The van der Waals surface area contributed by atoms with Crippen LogP contribution in [0.1, 0.15) is 43.2 Å². The molecule has 0 unspecified atom stereocenters. The van der Waals surface area contributed by atoms with E-state index in [1.165, 1.54) is 42.9 Å². The topological polar surface area (TPSA) is 92.6 Å². The molecule has 2 aromatic rings. The van der Waals surface area contributed by atoms with Gasteiger partial charge >= 0.3 is 0 Å². The molecule has 2 fully saturated rings. The summed E-state index contributed by atoms with van der Waals surface area (Å²) in [6.45, 7) is 0.910. The highest BCUT2D eigenvalue weighted by atomic mass is 79.9. The molecule has 6 nitrogen and oxygen atoms in total. The molecule has 3 aliphatic rings. The number of nitrogen functional groups attached to an aromatic ring is 1. The van der Waals surface area contributed by atoms with Crippen LogP contribution in [0.3, 0.4) is 0 Å². The molecule has 1 saturated carbocycles. The molecule has 3 atom stereocenters. The van der Waals surface area contributed by atoms with Gasteiger partial charge in [-0.25, -0.2) is 0 Å². The van der Waals surface area contributed by atoms with Gasteiger partial charge in [0.2, 0.25) is 0 Å². The van der Waals surface area contributed by atoms with Crippen molar-refractivity contribution in [3.63, 3.8) is 0 Å². The smallest absolute Gasteiger partial charge is 0.292 e. The molecule has 154 valence electrons. The summed E-state index contributed by atoms with van der Waals surface area (Å²) >= 11 is 0. The number of nitro groups is 1. The van der Waals surface area contributed by atoms with Gasteiger partial charge in [0.1, 0.15) is 11.4 Å². The van der Waals surface area contributed by atoms with E-state index in [0.717, 1.165) is 25.1 Å². The van der Waals surface area contributed by atoms with Gasteiger partial charge in [0, 0.05) is 29.8 Å². The fourth-order valence-corrected chi connectivity index (χ4v) is 6.20. The largest absolute Gasteiger partial charge is 0.508 e. The Morgan fingerprint density at radius 1 is 1.17 bits per heavy atom. The maximum Gasteiger partial charge on any atom is 0.292 e. The van der Waals surface area contributed by atoms with Crippen molar-refractivity contribution in [1.29, 1.82) is 0 Å². The van der Waals surface area contributed by atoms with Crippen LogP contribution in [0.15, 0.2) is 36.4 Å². The summed E-state index contributed by atoms with van der Waals surface area (Å²) in [5, 5.41) is 21.2. The van der Waals surface area contributed by atoms with Crippen molar-refractivity contribution < 1.29 is 10.0 Å². The van der Waals surface area contributed by atoms with Crippen LogP contribution >= 0.6 is 17.0 Å². The molecule has 1 heterocycles. The number of halogens is 1. The first-order valence-electron chi connectivity index (χ1n) is 10.1. The number of nitrogens with zero attached hydrogens (tertiary/aromatic N) is 2. The Morgan fingerprint density at radius 2 is 2.00 bits per heavy atom. The zero-order valence-corrected chi connectivity index (χ0v) is 17.9. The van der Waals surface area contributed by atoms with E-state index in [4.69, 9.17) is 5.73 Å². The minimum atomic E-state index is -0.426. The maximum absolute atomic E-state index is 11.1. The van der Waals surface area contributed by atoms with Crippen molar-refractivity contribution >= 4 is 34.0 Å². The van der Waals surface area contributed by atoms with Gasteiger partial charge < -0.3 is 15.7 Å². The zero-order valence-electron chi connectivity index (χ0n) is 16.2. The standard InChI is InChI=1S/C22H25N3O3.BrH/c23-19-12-15(5-7-20(19)25(27)28)24-10-9-22-8-2-1-3-17(22)21(24)11-14-4-6-16(26)13-18(14)22;/h4-7,12-13,17,21,26H,1-3,8-11,23H2;1H/t17-,21+,22+;/m1./s1. The van der Waals surface area contributed by atoms with Crippen LogP contribution in [0.2, 0.25) is 0 Å². The summed E-state index contributed by atoms with van der Waals surface area (Å²) in [7, 11) is 0. The predicted octanol–water partition coefficient (Wildman–Crippen LogP) is 4.72. The average molecular weight is 460 g/mol. The summed E-state index contributed by atoms with van der Waals surface area (Å²) in [5.74, 6) is 0.905. The number of rotatable bonds is 2. The normalized spacial score (nSPS) is 27.4. The number of phenols is 1. The lowest BCUT2D eigenvalue weighted by Crippen LogP contribution is -2.61. The van der Waals surface area contributed by atoms with E-state index in [9.17, 15) is 15.2 Å². The molecule has 0 amide bonds. The van der Waals surface area contributed by atoms with Crippen molar-refractivity contribution in [1.82, 2.24) is 0 Å². The van der Waals surface area contributed by atoms with Crippen molar-refractivity contribution in [2.45, 2.75) is 50.0 Å². The average Bonchev–Trinajstić information content (AvgIpc) is 2.68. The number of nitro benzene ring substituents is 1. The van der Waals surface area contributed by atoms with Gasteiger partial charge in [-0.05, 0) is 67.0 Å². The van der Waals surface area contributed by atoms with Gasteiger partial charge in [0.15, 0.2) is 0 Å². The Bertz CT molecular complexity index is 966. The van der Waals surface area contributed by atoms with Crippen LogP contribution in [0.25, 0.3) is 0 Å². The van der Waals surface area contributed by atoms with E-state index in [1.54, 1.807) is 12.1 Å². The number of hydrogen-bond acceptors (Lipinski definition) is 5. The van der Waals surface area contributed by atoms with Crippen molar-refractivity contribution in [3.05, 3.63) is 57.6 Å². The van der Waals surface area contributed by atoms with Gasteiger partial charge in [0.25, 0.3) is 5.69 Å².